The van der Waals surface area contributed by atoms with E-state index in [1.807, 2.05) is 13.8 Å². The molecular weight excluding hydrogens is 238 g/mol. The van der Waals surface area contributed by atoms with Gasteiger partial charge in [-0.1, -0.05) is 23.1 Å². The molecule has 0 aliphatic heterocycles. The van der Waals surface area contributed by atoms with E-state index in [1.54, 1.807) is 0 Å². The van der Waals surface area contributed by atoms with Crippen LogP contribution in [0.2, 0.25) is 0 Å². The third-order valence-corrected chi connectivity index (χ3v) is 1.92. The summed E-state index contributed by atoms with van der Waals surface area (Å²) in [6.45, 7) is 4.89. The molecular formula is C8H16N2O2PV-. The van der Waals surface area contributed by atoms with Crippen LogP contribution in [0.4, 0.5) is 0 Å². The van der Waals surface area contributed by atoms with Gasteiger partial charge in [0.1, 0.15) is 0 Å². The minimum absolute atomic E-state index is 0. The molecule has 81 valence electrons. The van der Waals surface area contributed by atoms with Crippen molar-refractivity contribution in [3.63, 3.8) is 0 Å². The average molecular weight is 254 g/mol. The molecule has 0 saturated carbocycles. The Kier molecular flexibility index (Phi) is 9.74. The summed E-state index contributed by atoms with van der Waals surface area (Å²) < 4.78 is 0. The zero-order valence-corrected chi connectivity index (χ0v) is 10.9. The van der Waals surface area contributed by atoms with Crippen molar-refractivity contribution in [1.29, 1.82) is 0 Å². The molecule has 0 spiro atoms. The molecule has 0 bridgehead atoms. The van der Waals surface area contributed by atoms with Gasteiger partial charge in [0.25, 0.3) is 0 Å². The van der Waals surface area contributed by atoms with Gasteiger partial charge in [-0.25, -0.2) is 6.54 Å². The number of hydrogen-bond acceptors (Lipinski definition) is 3. The van der Waals surface area contributed by atoms with Crippen molar-refractivity contribution in [2.24, 2.45) is 11.7 Å². The van der Waals surface area contributed by atoms with Crippen LogP contribution in [0.5, 0.6) is 0 Å². The first-order valence-electron chi connectivity index (χ1n) is 4.12. The number of rotatable bonds is 5. The number of amides is 1. The Bertz CT molecular complexity index is 200. The molecule has 14 heavy (non-hydrogen) atoms. The maximum atomic E-state index is 11.0. The van der Waals surface area contributed by atoms with Crippen molar-refractivity contribution >= 4 is 20.7 Å². The van der Waals surface area contributed by atoms with Crippen LogP contribution in [0.3, 0.4) is 0 Å². The van der Waals surface area contributed by atoms with Crippen molar-refractivity contribution in [3.05, 3.63) is 6.54 Å². The molecule has 0 aromatic carbocycles. The molecule has 0 saturated heterocycles. The number of carbonyl (C=O) groups is 2. The Hall–Kier alpha value is -0.0156. The second-order valence-electron chi connectivity index (χ2n) is 3.26. The summed E-state index contributed by atoms with van der Waals surface area (Å²) in [7, 11) is 2.07. The van der Waals surface area contributed by atoms with E-state index < -0.39 is 11.9 Å². The topological polar surface area (TPSA) is 72.2 Å². The van der Waals surface area contributed by atoms with Crippen molar-refractivity contribution < 1.29 is 28.1 Å². The molecule has 6 heteroatoms. The Balaban J connectivity index is 0. The molecule has 0 aliphatic carbocycles. The summed E-state index contributed by atoms with van der Waals surface area (Å²) in [6, 6.07) is -0.447. The summed E-state index contributed by atoms with van der Waals surface area (Å²) >= 11 is 0. The van der Waals surface area contributed by atoms with Gasteiger partial charge in [-0.05, 0) is 12.3 Å². The van der Waals surface area contributed by atoms with E-state index in [4.69, 9.17) is 5.73 Å². The van der Waals surface area contributed by atoms with E-state index in [1.165, 1.54) is 0 Å². The molecule has 1 radical (unpaired) electrons. The van der Waals surface area contributed by atoms with E-state index in [0.717, 1.165) is 6.54 Å². The van der Waals surface area contributed by atoms with Gasteiger partial charge in [0.2, 0.25) is 0 Å². The van der Waals surface area contributed by atoms with Crippen LogP contribution in [0.25, 0.3) is 0 Å². The van der Waals surface area contributed by atoms with E-state index in [-0.39, 0.29) is 24.1 Å². The number of nitrogens with two attached hydrogens (primary N) is 1. The minimum Gasteiger partial charge on any atom is -0.460 e. The Morgan fingerprint density at radius 1 is 1.50 bits per heavy atom. The zero-order valence-electron chi connectivity index (χ0n) is 8.36. The van der Waals surface area contributed by atoms with E-state index in [9.17, 15) is 9.59 Å². The smallest absolute Gasteiger partial charge is 0.170 e. The molecule has 0 rings (SSSR count). The fourth-order valence-corrected chi connectivity index (χ4v) is 1.16. The quantitative estimate of drug-likeness (QED) is 0.537. The van der Waals surface area contributed by atoms with Crippen LogP contribution >= 0.6 is 9.24 Å². The summed E-state index contributed by atoms with van der Waals surface area (Å²) in [5.41, 5.74) is 4.87. The van der Waals surface area contributed by atoms with Crippen LogP contribution in [0, 0.1) is 12.5 Å². The molecule has 3 N–H and O–H groups in total. The Morgan fingerprint density at radius 2 is 2.00 bits per heavy atom. The van der Waals surface area contributed by atoms with Crippen LogP contribution in [-0.2, 0) is 28.1 Å². The summed E-state index contributed by atoms with van der Waals surface area (Å²) in [5.74, 6) is -0.0611. The molecule has 0 aliphatic rings. The van der Waals surface area contributed by atoms with E-state index in [2.05, 4.69) is 14.6 Å². The monoisotopic (exact) mass is 254 g/mol. The zero-order chi connectivity index (χ0) is 10.4. The Labute approximate surface area is 98.8 Å². The van der Waals surface area contributed by atoms with Gasteiger partial charge >= 0.3 is 0 Å². The average Bonchev–Trinajstić information content (AvgIpc) is 2.02. The van der Waals surface area contributed by atoms with Crippen LogP contribution in [-0.4, -0.2) is 17.5 Å². The molecule has 0 heterocycles. The first-order chi connectivity index (χ1) is 5.97. The third kappa shape index (κ3) is 7.39. The maximum Gasteiger partial charge on any atom is 0.170 e. The maximum absolute atomic E-state index is 11.0. The standard InChI is InChI=1S/C8H16N2O2P.V/c1-5(2)3-6(8(12)13)10-7(11)4-9;/h4-6H,3,9,13H2,1-2H3,(H,10,11);/q-1;. The largest absolute Gasteiger partial charge is 0.460 e. The van der Waals surface area contributed by atoms with Crippen molar-refractivity contribution in [2.45, 2.75) is 26.3 Å². The van der Waals surface area contributed by atoms with Gasteiger partial charge in [0.15, 0.2) is 5.52 Å². The van der Waals surface area contributed by atoms with Crippen molar-refractivity contribution in [2.75, 3.05) is 0 Å². The fraction of sp³-hybridized carbons (Fsp3) is 0.625. The molecule has 2 atom stereocenters. The Morgan fingerprint density at radius 3 is 2.29 bits per heavy atom. The van der Waals surface area contributed by atoms with Crippen molar-refractivity contribution in [1.82, 2.24) is 5.32 Å². The molecule has 4 nitrogen and oxygen atoms in total. The fourth-order valence-electron chi connectivity index (χ4n) is 0.937. The van der Waals surface area contributed by atoms with Crippen LogP contribution in [0.15, 0.2) is 0 Å². The summed E-state index contributed by atoms with van der Waals surface area (Å²) in [4.78, 5) is 21.9. The van der Waals surface area contributed by atoms with Crippen LogP contribution in [0.1, 0.15) is 20.3 Å². The van der Waals surface area contributed by atoms with Gasteiger partial charge in [-0.15, -0.1) is 0 Å². The first-order valence-corrected chi connectivity index (χ1v) is 4.69. The molecule has 0 aromatic heterocycles. The third-order valence-electron chi connectivity index (χ3n) is 1.52. The van der Waals surface area contributed by atoms with Gasteiger partial charge in [0, 0.05) is 18.6 Å². The second-order valence-corrected chi connectivity index (χ2v) is 3.83. The molecule has 1 amide bonds. The van der Waals surface area contributed by atoms with Gasteiger partial charge in [-0.3, -0.25) is 4.79 Å². The van der Waals surface area contributed by atoms with Gasteiger partial charge < -0.3 is 15.8 Å². The van der Waals surface area contributed by atoms with Crippen molar-refractivity contribution in [3.8, 4) is 0 Å². The van der Waals surface area contributed by atoms with Crippen LogP contribution < -0.4 is 11.1 Å². The molecule has 2 unspecified atom stereocenters. The van der Waals surface area contributed by atoms with E-state index >= 15 is 0 Å². The van der Waals surface area contributed by atoms with Gasteiger partial charge in [0.05, 0.1) is 11.9 Å². The predicted molar refractivity (Wildman–Crippen MR) is 54.6 cm³/mol. The number of carbonyl (C=O) groups excluding carboxylic acids is 2. The normalized spacial score (nSPS) is 11.5. The minimum atomic E-state index is -0.447. The number of nitrogens with one attached hydrogen (secondary N) is 1. The second kappa shape index (κ2) is 8.31. The summed E-state index contributed by atoms with van der Waals surface area (Å²) in [5, 5.41) is 2.51. The summed E-state index contributed by atoms with van der Waals surface area (Å²) in [6.07, 6.45) is 0.627. The first kappa shape index (κ1) is 16.4. The van der Waals surface area contributed by atoms with E-state index in [0.29, 0.717) is 12.3 Å². The number of hydrogen-bond donors (Lipinski definition) is 2. The SMILES string of the molecule is CC(C)CC(NC(=O)[CH-]N)C(=O)P.[V]. The molecule has 0 aromatic rings. The van der Waals surface area contributed by atoms with Gasteiger partial charge in [-0.2, -0.15) is 0 Å². The molecule has 0 fully saturated rings. The predicted octanol–water partition coefficient (Wildman–Crippen LogP) is 0.0370.